The molecule has 0 radical (unpaired) electrons. The highest BCUT2D eigenvalue weighted by Crippen LogP contribution is 2.33. The topological polar surface area (TPSA) is 110 Å². The average molecular weight is 515 g/mol. The fourth-order valence-electron chi connectivity index (χ4n) is 4.42. The third-order valence-electron chi connectivity index (χ3n) is 6.22. The van der Waals surface area contributed by atoms with E-state index in [0.29, 0.717) is 42.9 Å². The fraction of sp³-hybridized carbons (Fsp3) is 0.538. The first kappa shape index (κ1) is 26.1. The van der Waals surface area contributed by atoms with Gasteiger partial charge in [0.25, 0.3) is 5.91 Å². The minimum atomic E-state index is -3.10. The van der Waals surface area contributed by atoms with Crippen LogP contribution in [0.15, 0.2) is 36.7 Å². The molecule has 0 N–H and O–H groups in total. The zero-order chi connectivity index (χ0) is 26.1. The van der Waals surface area contributed by atoms with Gasteiger partial charge in [-0.1, -0.05) is 24.3 Å². The van der Waals surface area contributed by atoms with Crippen LogP contribution >= 0.6 is 0 Å². The molecule has 2 fully saturated rings. The molecule has 0 spiro atoms. The largest absolute Gasteiger partial charge is 0.444 e. The van der Waals surface area contributed by atoms with Crippen molar-refractivity contribution < 1.29 is 22.7 Å². The first-order valence-corrected chi connectivity index (χ1v) is 14.4. The van der Waals surface area contributed by atoms with Crippen LogP contribution in [0.4, 0.5) is 4.79 Å². The zero-order valence-corrected chi connectivity index (χ0v) is 22.1. The maximum Gasteiger partial charge on any atom is 0.410 e. The number of nitrogens with zero attached hydrogens (tertiary/aromatic N) is 4. The van der Waals surface area contributed by atoms with Crippen molar-refractivity contribution in [3.05, 3.63) is 47.8 Å². The van der Waals surface area contributed by atoms with E-state index in [1.54, 1.807) is 41.6 Å². The van der Waals surface area contributed by atoms with Crippen molar-refractivity contribution in [3.8, 4) is 11.4 Å². The normalized spacial score (nSPS) is 17.1. The molecule has 1 saturated heterocycles. The highest BCUT2D eigenvalue weighted by Gasteiger charge is 2.40. The van der Waals surface area contributed by atoms with Crippen LogP contribution in [0.3, 0.4) is 0 Å². The lowest BCUT2D eigenvalue weighted by Gasteiger charge is -2.39. The number of sulfone groups is 1. The molecule has 0 bridgehead atoms. The molecule has 10 heteroatoms. The quantitative estimate of drug-likeness (QED) is 0.578. The molecule has 1 aromatic heterocycles. The van der Waals surface area contributed by atoms with Gasteiger partial charge in [0.05, 0.1) is 11.3 Å². The SMILES string of the molecule is CC(C)(C)OC(=O)N1CCC(N(C(=O)c2cnc(-c3ccc(CS(C)(=O)=O)cc3)nc2)C2CC2)CC1. The van der Waals surface area contributed by atoms with Crippen LogP contribution in [0.1, 0.15) is 62.4 Å². The van der Waals surface area contributed by atoms with Crippen molar-refractivity contribution in [1.29, 1.82) is 0 Å². The Morgan fingerprint density at radius 2 is 1.56 bits per heavy atom. The summed E-state index contributed by atoms with van der Waals surface area (Å²) in [6, 6.07) is 7.34. The van der Waals surface area contributed by atoms with Gasteiger partial charge < -0.3 is 14.5 Å². The van der Waals surface area contributed by atoms with Gasteiger partial charge in [0.1, 0.15) is 5.60 Å². The van der Waals surface area contributed by atoms with Gasteiger partial charge in [-0.25, -0.2) is 23.2 Å². The van der Waals surface area contributed by atoms with E-state index in [9.17, 15) is 18.0 Å². The summed E-state index contributed by atoms with van der Waals surface area (Å²) in [5.41, 5.74) is 1.36. The van der Waals surface area contributed by atoms with Gasteiger partial charge in [0, 0.05) is 49.4 Å². The smallest absolute Gasteiger partial charge is 0.410 e. The summed E-state index contributed by atoms with van der Waals surface area (Å²) in [7, 11) is -3.10. The monoisotopic (exact) mass is 514 g/mol. The molecule has 1 aliphatic heterocycles. The van der Waals surface area contributed by atoms with Crippen LogP contribution in [-0.4, -0.2) is 77.2 Å². The molecular weight excluding hydrogens is 480 g/mol. The minimum Gasteiger partial charge on any atom is -0.444 e. The Balaban J connectivity index is 1.40. The van der Waals surface area contributed by atoms with Crippen molar-refractivity contribution in [2.75, 3.05) is 19.3 Å². The van der Waals surface area contributed by atoms with Crippen LogP contribution < -0.4 is 0 Å². The van der Waals surface area contributed by atoms with Crippen molar-refractivity contribution >= 4 is 21.8 Å². The van der Waals surface area contributed by atoms with Gasteiger partial charge in [0.15, 0.2) is 15.7 Å². The molecule has 4 rings (SSSR count). The molecule has 194 valence electrons. The lowest BCUT2D eigenvalue weighted by molar-refractivity contribution is 0.0142. The number of likely N-dealkylation sites (tertiary alicyclic amines) is 1. The zero-order valence-electron chi connectivity index (χ0n) is 21.3. The summed E-state index contributed by atoms with van der Waals surface area (Å²) in [5.74, 6) is 0.374. The maximum atomic E-state index is 13.4. The van der Waals surface area contributed by atoms with Crippen LogP contribution in [0, 0.1) is 0 Å². The number of aromatic nitrogens is 2. The molecule has 2 aliphatic rings. The number of rotatable bonds is 6. The molecule has 2 aromatic rings. The van der Waals surface area contributed by atoms with Crippen LogP contribution in [0.2, 0.25) is 0 Å². The van der Waals surface area contributed by atoms with Crippen molar-refractivity contribution in [3.63, 3.8) is 0 Å². The first-order chi connectivity index (χ1) is 16.9. The molecule has 9 nitrogen and oxygen atoms in total. The van der Waals surface area contributed by atoms with Crippen molar-refractivity contribution in [2.45, 2.75) is 69.9 Å². The molecule has 1 aliphatic carbocycles. The Labute approximate surface area is 212 Å². The third-order valence-corrected chi connectivity index (χ3v) is 7.08. The van der Waals surface area contributed by atoms with Crippen molar-refractivity contribution in [1.82, 2.24) is 19.8 Å². The highest BCUT2D eigenvalue weighted by atomic mass is 32.2. The number of hydrogen-bond acceptors (Lipinski definition) is 7. The number of ether oxygens (including phenoxy) is 1. The number of carbonyl (C=O) groups is 2. The van der Waals surface area contributed by atoms with E-state index in [0.717, 1.165) is 18.4 Å². The fourth-order valence-corrected chi connectivity index (χ4v) is 5.22. The van der Waals surface area contributed by atoms with E-state index < -0.39 is 15.4 Å². The van der Waals surface area contributed by atoms with E-state index in [2.05, 4.69) is 9.97 Å². The lowest BCUT2D eigenvalue weighted by Crippen LogP contribution is -2.50. The molecule has 2 amide bonds. The third kappa shape index (κ3) is 6.81. The molecule has 0 atom stereocenters. The van der Waals surface area contributed by atoms with E-state index in [4.69, 9.17) is 4.74 Å². The van der Waals surface area contributed by atoms with Crippen molar-refractivity contribution in [2.24, 2.45) is 0 Å². The average Bonchev–Trinajstić information content (AvgIpc) is 3.63. The van der Waals surface area contributed by atoms with Crippen LogP contribution in [0.5, 0.6) is 0 Å². The molecule has 1 aromatic carbocycles. The Morgan fingerprint density at radius 1 is 1.00 bits per heavy atom. The summed E-state index contributed by atoms with van der Waals surface area (Å²) in [6.45, 7) is 6.67. The molecule has 2 heterocycles. The number of amides is 2. The number of carbonyl (C=O) groups excluding carboxylic acids is 2. The van der Waals surface area contributed by atoms with E-state index in [1.807, 2.05) is 25.7 Å². The second kappa shape index (κ2) is 10.2. The first-order valence-electron chi connectivity index (χ1n) is 12.3. The second-order valence-corrected chi connectivity index (χ2v) is 12.8. The molecule has 1 saturated carbocycles. The van der Waals surface area contributed by atoms with Gasteiger partial charge in [0.2, 0.25) is 0 Å². The lowest BCUT2D eigenvalue weighted by atomic mass is 10.0. The van der Waals surface area contributed by atoms with E-state index in [-0.39, 0.29) is 29.8 Å². The van der Waals surface area contributed by atoms with E-state index in [1.165, 1.54) is 6.26 Å². The standard InChI is InChI=1S/C26H34N4O5S/c1-26(2,3)35-25(32)29-13-11-22(12-14-29)30(21-9-10-21)24(31)20-15-27-23(28-16-20)19-7-5-18(6-8-19)17-36(4,33)34/h5-8,15-16,21-22H,9-14,17H2,1-4H3. The number of piperidine rings is 1. The Bertz CT molecular complexity index is 1190. The van der Waals surface area contributed by atoms with Crippen LogP contribution in [-0.2, 0) is 20.3 Å². The van der Waals surface area contributed by atoms with Gasteiger partial charge in [-0.05, 0) is 52.0 Å². The summed E-state index contributed by atoms with van der Waals surface area (Å²) >= 11 is 0. The van der Waals surface area contributed by atoms with Gasteiger partial charge in [-0.15, -0.1) is 0 Å². The summed E-state index contributed by atoms with van der Waals surface area (Å²) in [5, 5.41) is 0. The Hall–Kier alpha value is -3.01. The molecular formula is C26H34N4O5S. The number of hydrogen-bond donors (Lipinski definition) is 0. The van der Waals surface area contributed by atoms with E-state index >= 15 is 0 Å². The Morgan fingerprint density at radius 3 is 2.06 bits per heavy atom. The van der Waals surface area contributed by atoms with Gasteiger partial charge in [-0.3, -0.25) is 4.79 Å². The minimum absolute atomic E-state index is 0.0186. The molecule has 36 heavy (non-hydrogen) atoms. The maximum absolute atomic E-state index is 13.4. The summed E-state index contributed by atoms with van der Waals surface area (Å²) in [4.78, 5) is 38.3. The van der Waals surface area contributed by atoms with Gasteiger partial charge >= 0.3 is 6.09 Å². The predicted molar refractivity (Wildman–Crippen MR) is 136 cm³/mol. The summed E-state index contributed by atoms with van der Waals surface area (Å²) in [6.07, 6.45) is 7.39. The second-order valence-electron chi connectivity index (χ2n) is 10.7. The van der Waals surface area contributed by atoms with Crippen LogP contribution in [0.25, 0.3) is 11.4 Å². The predicted octanol–water partition coefficient (Wildman–Crippen LogP) is 3.69. The summed E-state index contributed by atoms with van der Waals surface area (Å²) < 4.78 is 28.5. The number of benzene rings is 1. The van der Waals surface area contributed by atoms with Gasteiger partial charge in [-0.2, -0.15) is 0 Å². The highest BCUT2D eigenvalue weighted by molar-refractivity contribution is 7.89. The Kier molecular flexibility index (Phi) is 7.36. The molecule has 0 unspecified atom stereocenters.